The average molecular weight is 271 g/mol. The second kappa shape index (κ2) is 6.11. The highest BCUT2D eigenvalue weighted by Gasteiger charge is 2.18. The molecule has 0 spiro atoms. The van der Waals surface area contributed by atoms with Gasteiger partial charge in [-0.15, -0.1) is 0 Å². The third-order valence-corrected chi connectivity index (χ3v) is 2.88. The van der Waals surface area contributed by atoms with Gasteiger partial charge >= 0.3 is 5.97 Å². The molecule has 0 aliphatic carbocycles. The first-order valence-corrected chi connectivity index (χ1v) is 6.33. The highest BCUT2D eigenvalue weighted by Crippen LogP contribution is 2.13. The van der Waals surface area contributed by atoms with Crippen LogP contribution in [0.2, 0.25) is 5.28 Å². The molecule has 98 valence electrons. The van der Waals surface area contributed by atoms with E-state index in [1.165, 1.54) is 0 Å². The number of hydrogen-bond acceptors (Lipinski definition) is 5. The van der Waals surface area contributed by atoms with E-state index in [0.717, 1.165) is 25.9 Å². The van der Waals surface area contributed by atoms with E-state index in [4.69, 9.17) is 21.1 Å². The maximum absolute atomic E-state index is 11.8. The molecule has 0 radical (unpaired) electrons. The maximum atomic E-state index is 11.8. The zero-order valence-electron chi connectivity index (χ0n) is 10.2. The average Bonchev–Trinajstić information content (AvgIpc) is 2.36. The Morgan fingerprint density at radius 2 is 2.39 bits per heavy atom. The van der Waals surface area contributed by atoms with Crippen LogP contribution in [0.5, 0.6) is 0 Å². The van der Waals surface area contributed by atoms with Crippen molar-refractivity contribution in [1.29, 1.82) is 0 Å². The van der Waals surface area contributed by atoms with Crippen molar-refractivity contribution in [3.63, 3.8) is 0 Å². The number of halogens is 1. The summed E-state index contributed by atoms with van der Waals surface area (Å²) in [6, 6.07) is 1.55. The molecule has 1 fully saturated rings. The van der Waals surface area contributed by atoms with Crippen LogP contribution in [0.1, 0.15) is 35.4 Å². The standard InChI is InChI=1S/C12H15ClN2O3/c1-8-6-10(15-12(13)14-8)11(16)18-7-9-4-2-3-5-17-9/h6,9H,2-5,7H2,1H3. The summed E-state index contributed by atoms with van der Waals surface area (Å²) >= 11 is 5.69. The number of aromatic nitrogens is 2. The lowest BCUT2D eigenvalue weighted by molar-refractivity contribution is -0.0302. The first kappa shape index (κ1) is 13.2. The summed E-state index contributed by atoms with van der Waals surface area (Å²) in [5.74, 6) is -0.489. The largest absolute Gasteiger partial charge is 0.458 e. The summed E-state index contributed by atoms with van der Waals surface area (Å²) in [5, 5.41) is 0.0517. The Morgan fingerprint density at radius 1 is 1.56 bits per heavy atom. The van der Waals surface area contributed by atoms with Gasteiger partial charge in [0.2, 0.25) is 5.28 Å². The quantitative estimate of drug-likeness (QED) is 0.622. The number of aryl methyl sites for hydroxylation is 1. The minimum Gasteiger partial charge on any atom is -0.458 e. The molecule has 1 aliphatic rings. The van der Waals surface area contributed by atoms with Crippen LogP contribution < -0.4 is 0 Å². The van der Waals surface area contributed by atoms with E-state index in [-0.39, 0.29) is 23.7 Å². The fourth-order valence-electron chi connectivity index (χ4n) is 1.82. The van der Waals surface area contributed by atoms with Gasteiger partial charge in [-0.05, 0) is 43.9 Å². The molecule has 0 amide bonds. The van der Waals surface area contributed by atoms with Gasteiger partial charge in [-0.3, -0.25) is 0 Å². The third kappa shape index (κ3) is 3.65. The second-order valence-corrected chi connectivity index (χ2v) is 4.59. The molecule has 1 atom stereocenters. The molecule has 2 rings (SSSR count). The van der Waals surface area contributed by atoms with Crippen molar-refractivity contribution in [3.05, 3.63) is 22.7 Å². The fraction of sp³-hybridized carbons (Fsp3) is 0.583. The lowest BCUT2D eigenvalue weighted by Crippen LogP contribution is -2.26. The van der Waals surface area contributed by atoms with E-state index in [0.29, 0.717) is 5.69 Å². The third-order valence-electron chi connectivity index (χ3n) is 2.71. The lowest BCUT2D eigenvalue weighted by atomic mass is 10.1. The van der Waals surface area contributed by atoms with Gasteiger partial charge in [0.1, 0.15) is 6.61 Å². The number of carbonyl (C=O) groups is 1. The van der Waals surface area contributed by atoms with Crippen molar-refractivity contribution >= 4 is 17.6 Å². The Labute approximate surface area is 110 Å². The summed E-state index contributed by atoms with van der Waals surface area (Å²) in [6.07, 6.45) is 3.11. The zero-order valence-corrected chi connectivity index (χ0v) is 10.9. The van der Waals surface area contributed by atoms with Crippen molar-refractivity contribution in [1.82, 2.24) is 9.97 Å². The Kier molecular flexibility index (Phi) is 4.49. The van der Waals surface area contributed by atoms with Crippen molar-refractivity contribution in [2.75, 3.05) is 13.2 Å². The molecule has 1 aromatic heterocycles. The van der Waals surface area contributed by atoms with Gasteiger partial charge in [-0.2, -0.15) is 0 Å². The minimum absolute atomic E-state index is 0.00102. The molecule has 0 aromatic carbocycles. The van der Waals surface area contributed by atoms with E-state index in [1.807, 2.05) is 0 Å². The Bertz CT molecular complexity index is 413. The molecule has 0 bridgehead atoms. The lowest BCUT2D eigenvalue weighted by Gasteiger charge is -2.21. The molecule has 1 saturated heterocycles. The predicted octanol–water partition coefficient (Wildman–Crippen LogP) is 2.16. The summed E-state index contributed by atoms with van der Waals surface area (Å²) in [7, 11) is 0. The van der Waals surface area contributed by atoms with E-state index in [2.05, 4.69) is 9.97 Å². The van der Waals surface area contributed by atoms with Crippen LogP contribution in [0.15, 0.2) is 6.07 Å². The molecule has 0 saturated carbocycles. The molecule has 1 aliphatic heterocycles. The van der Waals surface area contributed by atoms with Crippen molar-refractivity contribution in [2.45, 2.75) is 32.3 Å². The molecular weight excluding hydrogens is 256 g/mol. The maximum Gasteiger partial charge on any atom is 0.357 e. The first-order valence-electron chi connectivity index (χ1n) is 5.95. The number of carbonyl (C=O) groups excluding carboxylic acids is 1. The van der Waals surface area contributed by atoms with Crippen molar-refractivity contribution < 1.29 is 14.3 Å². The first-order chi connectivity index (χ1) is 8.65. The zero-order chi connectivity index (χ0) is 13.0. The summed E-state index contributed by atoms with van der Waals surface area (Å²) < 4.78 is 10.6. The molecule has 2 heterocycles. The van der Waals surface area contributed by atoms with Gasteiger partial charge in [-0.25, -0.2) is 14.8 Å². The highest BCUT2D eigenvalue weighted by molar-refractivity contribution is 6.28. The van der Waals surface area contributed by atoms with Crippen molar-refractivity contribution in [3.8, 4) is 0 Å². The van der Waals surface area contributed by atoms with Gasteiger partial charge < -0.3 is 9.47 Å². The van der Waals surface area contributed by atoms with Crippen LogP contribution >= 0.6 is 11.6 Å². The van der Waals surface area contributed by atoms with Crippen molar-refractivity contribution in [2.24, 2.45) is 0 Å². The predicted molar refractivity (Wildman–Crippen MR) is 65.7 cm³/mol. The van der Waals surface area contributed by atoms with Crippen LogP contribution in [-0.4, -0.2) is 35.3 Å². The van der Waals surface area contributed by atoms with E-state index >= 15 is 0 Å². The molecule has 5 nitrogen and oxygen atoms in total. The Hall–Kier alpha value is -1.20. The van der Waals surface area contributed by atoms with Gasteiger partial charge in [0, 0.05) is 12.3 Å². The van der Waals surface area contributed by atoms with Gasteiger partial charge in [0.15, 0.2) is 5.69 Å². The van der Waals surface area contributed by atoms with Crippen LogP contribution in [0.25, 0.3) is 0 Å². The normalized spacial score (nSPS) is 19.6. The van der Waals surface area contributed by atoms with E-state index < -0.39 is 5.97 Å². The monoisotopic (exact) mass is 270 g/mol. The van der Waals surface area contributed by atoms with E-state index in [9.17, 15) is 4.79 Å². The van der Waals surface area contributed by atoms with Gasteiger partial charge in [-0.1, -0.05) is 0 Å². The minimum atomic E-state index is -0.489. The SMILES string of the molecule is Cc1cc(C(=O)OCC2CCCCO2)nc(Cl)n1. The van der Waals surface area contributed by atoms with Crippen LogP contribution in [0.3, 0.4) is 0 Å². The van der Waals surface area contributed by atoms with Crippen LogP contribution in [0.4, 0.5) is 0 Å². The number of hydrogen-bond donors (Lipinski definition) is 0. The smallest absolute Gasteiger partial charge is 0.357 e. The molecule has 0 N–H and O–H groups in total. The molecular formula is C12H15ClN2O3. The van der Waals surface area contributed by atoms with Gasteiger partial charge in [0.25, 0.3) is 0 Å². The number of rotatable bonds is 3. The molecule has 1 aromatic rings. The molecule has 6 heteroatoms. The summed E-state index contributed by atoms with van der Waals surface area (Å²) in [5.41, 5.74) is 0.819. The van der Waals surface area contributed by atoms with Gasteiger partial charge in [0.05, 0.1) is 6.10 Å². The fourth-order valence-corrected chi connectivity index (χ4v) is 2.04. The summed E-state index contributed by atoms with van der Waals surface area (Å²) in [4.78, 5) is 19.5. The number of nitrogens with zero attached hydrogens (tertiary/aromatic N) is 2. The molecule has 1 unspecified atom stereocenters. The highest BCUT2D eigenvalue weighted by atomic mass is 35.5. The second-order valence-electron chi connectivity index (χ2n) is 4.25. The summed E-state index contributed by atoms with van der Waals surface area (Å²) in [6.45, 7) is 2.74. The van der Waals surface area contributed by atoms with E-state index in [1.54, 1.807) is 13.0 Å². The molecule has 18 heavy (non-hydrogen) atoms. The topological polar surface area (TPSA) is 61.3 Å². The van der Waals surface area contributed by atoms with Crippen LogP contribution in [-0.2, 0) is 9.47 Å². The Morgan fingerprint density at radius 3 is 3.06 bits per heavy atom. The van der Waals surface area contributed by atoms with Crippen LogP contribution in [0, 0.1) is 6.92 Å². The number of esters is 1. The Balaban J connectivity index is 1.90. The number of ether oxygens (including phenoxy) is 2.